The van der Waals surface area contributed by atoms with Crippen LogP contribution < -0.4 is 0 Å². The van der Waals surface area contributed by atoms with Gasteiger partial charge in [-0.1, -0.05) is 6.92 Å². The van der Waals surface area contributed by atoms with Gasteiger partial charge in [0.25, 0.3) is 0 Å². The average Bonchev–Trinajstić information content (AvgIpc) is 2.56. The number of aliphatic hydroxyl groups excluding tert-OH is 1. The summed E-state index contributed by atoms with van der Waals surface area (Å²) in [6, 6.07) is 0. The summed E-state index contributed by atoms with van der Waals surface area (Å²) >= 11 is 1.51. The number of nitrogens with zero attached hydrogens (tertiary/aromatic N) is 2. The van der Waals surface area contributed by atoms with Crippen molar-refractivity contribution in [2.24, 2.45) is 7.05 Å². The van der Waals surface area contributed by atoms with Crippen LogP contribution in [0.1, 0.15) is 29.9 Å². The molecule has 1 aromatic rings. The van der Waals surface area contributed by atoms with E-state index in [9.17, 15) is 9.90 Å². The fraction of sp³-hybridized carbons (Fsp3) is 0.600. The van der Waals surface area contributed by atoms with Crippen molar-refractivity contribution in [1.82, 2.24) is 9.78 Å². The first kappa shape index (κ1) is 13.1. The third-order valence-corrected chi connectivity index (χ3v) is 3.81. The fourth-order valence-electron chi connectivity index (χ4n) is 1.16. The lowest BCUT2D eigenvalue weighted by molar-refractivity contribution is 0.0696. The molecule has 0 amide bonds. The van der Waals surface area contributed by atoms with Crippen molar-refractivity contribution in [2.45, 2.75) is 31.0 Å². The highest BCUT2D eigenvalue weighted by Crippen LogP contribution is 2.21. The van der Waals surface area contributed by atoms with E-state index in [4.69, 9.17) is 5.11 Å². The van der Waals surface area contributed by atoms with Crippen LogP contribution in [0.3, 0.4) is 0 Å². The van der Waals surface area contributed by atoms with Gasteiger partial charge in [-0.05, 0) is 6.92 Å². The van der Waals surface area contributed by atoms with Crippen LogP contribution in [0.2, 0.25) is 0 Å². The van der Waals surface area contributed by atoms with Crippen LogP contribution in [0.25, 0.3) is 0 Å². The van der Waals surface area contributed by atoms with E-state index in [0.717, 1.165) is 0 Å². The number of aliphatic hydroxyl groups is 1. The third kappa shape index (κ3) is 2.99. The molecule has 0 saturated carbocycles. The Morgan fingerprint density at radius 3 is 2.75 bits per heavy atom. The first-order valence-corrected chi connectivity index (χ1v) is 6.02. The average molecular weight is 244 g/mol. The lowest BCUT2D eigenvalue weighted by Gasteiger charge is -2.14. The van der Waals surface area contributed by atoms with Crippen molar-refractivity contribution < 1.29 is 15.0 Å². The molecule has 0 aromatic carbocycles. The summed E-state index contributed by atoms with van der Waals surface area (Å²) < 4.78 is 1.56. The molecular weight excluding hydrogens is 228 g/mol. The monoisotopic (exact) mass is 244 g/mol. The number of aromatic carboxylic acids is 1. The summed E-state index contributed by atoms with van der Waals surface area (Å²) in [4.78, 5) is 10.9. The van der Waals surface area contributed by atoms with Gasteiger partial charge in [0.1, 0.15) is 5.56 Å². The van der Waals surface area contributed by atoms with Crippen molar-refractivity contribution in [3.8, 4) is 0 Å². The van der Waals surface area contributed by atoms with Crippen LogP contribution in [0.5, 0.6) is 0 Å². The molecule has 0 fully saturated rings. The summed E-state index contributed by atoms with van der Waals surface area (Å²) in [6.07, 6.45) is 0.942. The van der Waals surface area contributed by atoms with Gasteiger partial charge < -0.3 is 10.2 Å². The molecule has 0 aliphatic carbocycles. The molecule has 1 rings (SSSR count). The number of hydrogen-bond acceptors (Lipinski definition) is 4. The quantitative estimate of drug-likeness (QED) is 0.811. The maximum Gasteiger partial charge on any atom is 0.339 e. The molecule has 0 bridgehead atoms. The van der Waals surface area contributed by atoms with Gasteiger partial charge >= 0.3 is 5.97 Å². The van der Waals surface area contributed by atoms with Gasteiger partial charge in [0, 0.05) is 18.1 Å². The topological polar surface area (TPSA) is 75.3 Å². The summed E-state index contributed by atoms with van der Waals surface area (Å²) in [5.41, 5.74) is 0.901. The normalized spacial score (nSPS) is 14.8. The van der Waals surface area contributed by atoms with Gasteiger partial charge in [0.2, 0.25) is 0 Å². The molecule has 0 aliphatic heterocycles. The Kier molecular flexibility index (Phi) is 4.37. The van der Waals surface area contributed by atoms with Gasteiger partial charge in [-0.25, -0.2) is 4.79 Å². The molecule has 0 saturated heterocycles. The Hall–Kier alpha value is -1.01. The van der Waals surface area contributed by atoms with Crippen molar-refractivity contribution in [3.63, 3.8) is 0 Å². The highest BCUT2D eigenvalue weighted by atomic mass is 32.2. The molecule has 6 heteroatoms. The minimum atomic E-state index is -0.964. The highest BCUT2D eigenvalue weighted by molar-refractivity contribution is 7.99. The predicted octanol–water partition coefficient (Wildman–Crippen LogP) is 1.12. The Morgan fingerprint density at radius 1 is 1.62 bits per heavy atom. The second kappa shape index (κ2) is 5.36. The number of rotatable bonds is 5. The molecule has 1 aromatic heterocycles. The van der Waals surface area contributed by atoms with E-state index >= 15 is 0 Å². The second-order valence-electron chi connectivity index (χ2n) is 3.69. The van der Waals surface area contributed by atoms with Crippen LogP contribution in [0, 0.1) is 0 Å². The van der Waals surface area contributed by atoms with E-state index in [1.165, 1.54) is 18.0 Å². The van der Waals surface area contributed by atoms with Gasteiger partial charge in [0.15, 0.2) is 0 Å². The van der Waals surface area contributed by atoms with E-state index in [1.54, 1.807) is 18.7 Å². The number of carbonyl (C=O) groups is 1. The van der Waals surface area contributed by atoms with Crippen molar-refractivity contribution >= 4 is 17.7 Å². The molecule has 2 unspecified atom stereocenters. The predicted molar refractivity (Wildman–Crippen MR) is 62.6 cm³/mol. The number of aryl methyl sites for hydroxylation is 1. The summed E-state index contributed by atoms with van der Waals surface area (Å²) in [5, 5.41) is 22.3. The SMILES string of the molecule is CC(O)C(C)SCc1c(C(=O)O)cnn1C. The first-order valence-electron chi connectivity index (χ1n) is 4.97. The third-order valence-electron chi connectivity index (χ3n) is 2.45. The van der Waals surface area contributed by atoms with E-state index < -0.39 is 12.1 Å². The van der Waals surface area contributed by atoms with E-state index in [-0.39, 0.29) is 10.8 Å². The molecule has 16 heavy (non-hydrogen) atoms. The minimum Gasteiger partial charge on any atom is -0.478 e. The molecule has 5 nitrogen and oxygen atoms in total. The number of carboxylic acid groups (broad SMARTS) is 1. The molecule has 1 heterocycles. The maximum absolute atomic E-state index is 10.9. The fourth-order valence-corrected chi connectivity index (χ4v) is 2.20. The number of carboxylic acids is 1. The van der Waals surface area contributed by atoms with E-state index in [2.05, 4.69) is 5.10 Å². The Morgan fingerprint density at radius 2 is 2.25 bits per heavy atom. The Balaban J connectivity index is 2.73. The van der Waals surface area contributed by atoms with Crippen LogP contribution in [-0.2, 0) is 12.8 Å². The summed E-state index contributed by atoms with van der Waals surface area (Å²) in [6.45, 7) is 3.63. The van der Waals surface area contributed by atoms with Gasteiger partial charge in [-0.3, -0.25) is 4.68 Å². The molecule has 2 atom stereocenters. The largest absolute Gasteiger partial charge is 0.478 e. The van der Waals surface area contributed by atoms with Crippen LogP contribution in [0.15, 0.2) is 6.20 Å². The van der Waals surface area contributed by atoms with Crippen molar-refractivity contribution in [2.75, 3.05) is 0 Å². The molecule has 0 aliphatic rings. The zero-order valence-corrected chi connectivity index (χ0v) is 10.4. The smallest absolute Gasteiger partial charge is 0.339 e. The first-order chi connectivity index (χ1) is 7.43. The molecule has 90 valence electrons. The van der Waals surface area contributed by atoms with E-state index in [0.29, 0.717) is 11.4 Å². The number of hydrogen-bond donors (Lipinski definition) is 2. The van der Waals surface area contributed by atoms with E-state index in [1.807, 2.05) is 6.92 Å². The summed E-state index contributed by atoms with van der Waals surface area (Å²) in [7, 11) is 1.72. The lowest BCUT2D eigenvalue weighted by atomic mass is 10.3. The standard InChI is InChI=1S/C10H16N2O3S/c1-6(13)7(2)16-5-9-8(10(14)15)4-11-12(9)3/h4,6-7,13H,5H2,1-3H3,(H,14,15). The van der Waals surface area contributed by atoms with Crippen molar-refractivity contribution in [1.29, 1.82) is 0 Å². The second-order valence-corrected chi connectivity index (χ2v) is 5.06. The van der Waals surface area contributed by atoms with Gasteiger partial charge in [0.05, 0.1) is 18.0 Å². The molecule has 0 radical (unpaired) electrons. The lowest BCUT2D eigenvalue weighted by Crippen LogP contribution is -2.16. The molecule has 2 N–H and O–H groups in total. The summed E-state index contributed by atoms with van der Waals surface area (Å²) in [5.74, 6) is -0.433. The van der Waals surface area contributed by atoms with Crippen LogP contribution >= 0.6 is 11.8 Å². The highest BCUT2D eigenvalue weighted by Gasteiger charge is 2.17. The number of aromatic nitrogens is 2. The molecular formula is C10H16N2O3S. The van der Waals surface area contributed by atoms with Crippen LogP contribution in [0.4, 0.5) is 0 Å². The maximum atomic E-state index is 10.9. The minimum absolute atomic E-state index is 0.0662. The van der Waals surface area contributed by atoms with Crippen LogP contribution in [-0.4, -0.2) is 37.3 Å². The zero-order chi connectivity index (χ0) is 12.3. The Bertz CT molecular complexity index is 376. The Labute approximate surface area is 98.5 Å². The van der Waals surface area contributed by atoms with Gasteiger partial charge in [-0.2, -0.15) is 5.10 Å². The number of thioether (sulfide) groups is 1. The zero-order valence-electron chi connectivity index (χ0n) is 9.54. The van der Waals surface area contributed by atoms with Gasteiger partial charge in [-0.15, -0.1) is 11.8 Å². The van der Waals surface area contributed by atoms with Crippen molar-refractivity contribution in [3.05, 3.63) is 17.5 Å². The molecule has 0 spiro atoms.